The molecule has 132 valence electrons. The van der Waals surface area contributed by atoms with Gasteiger partial charge in [0.15, 0.2) is 0 Å². The Hall–Kier alpha value is -2.38. The van der Waals surface area contributed by atoms with E-state index in [1.165, 1.54) is 7.11 Å². The van der Waals surface area contributed by atoms with Crippen LogP contribution in [0.2, 0.25) is 0 Å². The van der Waals surface area contributed by atoms with Gasteiger partial charge < -0.3 is 20.1 Å². The molecule has 1 saturated heterocycles. The zero-order chi connectivity index (χ0) is 18.1. The third-order valence-corrected chi connectivity index (χ3v) is 3.51. The number of hydrogen-bond acceptors (Lipinski definition) is 4. The van der Waals surface area contributed by atoms with Gasteiger partial charge >= 0.3 is 6.09 Å². The second-order valence-electron chi connectivity index (χ2n) is 6.48. The Morgan fingerprint density at radius 3 is 2.38 bits per heavy atom. The summed E-state index contributed by atoms with van der Waals surface area (Å²) in [7, 11) is 1.29. The molecule has 1 heterocycles. The van der Waals surface area contributed by atoms with E-state index in [9.17, 15) is 18.4 Å². The van der Waals surface area contributed by atoms with Gasteiger partial charge in [0, 0.05) is 30.2 Å². The molecule has 2 rings (SSSR count). The van der Waals surface area contributed by atoms with Gasteiger partial charge in [-0.1, -0.05) is 0 Å². The summed E-state index contributed by atoms with van der Waals surface area (Å²) in [6, 6.07) is 0.939. The fourth-order valence-electron chi connectivity index (χ4n) is 2.52. The number of ether oxygens (including phenoxy) is 2. The van der Waals surface area contributed by atoms with E-state index in [-0.39, 0.29) is 17.9 Å². The minimum absolute atomic E-state index is 0.000529. The fraction of sp³-hybridized carbons (Fsp3) is 0.500. The SMILES string of the molecule is COc1cc(F)c([C@@H]2CNC(=O)[C@H]2NC(=O)OC(C)(C)C)c(F)c1. The number of rotatable bonds is 3. The number of amides is 2. The lowest BCUT2D eigenvalue weighted by Gasteiger charge is -2.24. The number of nitrogens with one attached hydrogen (secondary N) is 2. The summed E-state index contributed by atoms with van der Waals surface area (Å²) in [5, 5.41) is 4.87. The molecule has 1 aromatic rings. The van der Waals surface area contributed by atoms with Crippen molar-refractivity contribution in [2.75, 3.05) is 13.7 Å². The van der Waals surface area contributed by atoms with Crippen LogP contribution < -0.4 is 15.4 Å². The molecule has 1 aromatic carbocycles. The van der Waals surface area contributed by atoms with Gasteiger partial charge in [-0.05, 0) is 20.8 Å². The summed E-state index contributed by atoms with van der Waals surface area (Å²) in [4.78, 5) is 23.8. The van der Waals surface area contributed by atoms with Crippen molar-refractivity contribution in [3.63, 3.8) is 0 Å². The number of carbonyl (C=O) groups excluding carboxylic acids is 2. The Labute approximate surface area is 138 Å². The van der Waals surface area contributed by atoms with Gasteiger partial charge in [0.1, 0.15) is 29.0 Å². The van der Waals surface area contributed by atoms with Crippen LogP contribution in [0.3, 0.4) is 0 Å². The molecule has 0 radical (unpaired) electrons. The summed E-state index contributed by atoms with van der Waals surface area (Å²) in [5.41, 5.74) is -1.04. The lowest BCUT2D eigenvalue weighted by atomic mass is 9.93. The standard InChI is InChI=1S/C16H20F2N2O4/c1-16(2,3)24-15(22)20-13-9(7-19-14(13)21)12-10(17)5-8(23-4)6-11(12)18/h5-6,9,13H,7H2,1-4H3,(H,19,21)(H,20,22)/t9-,13-/m0/s1. The van der Waals surface area contributed by atoms with Crippen LogP contribution in [0.25, 0.3) is 0 Å². The molecule has 6 nitrogen and oxygen atoms in total. The van der Waals surface area contributed by atoms with E-state index in [0.29, 0.717) is 0 Å². The molecular formula is C16H20F2N2O4. The molecule has 2 N–H and O–H groups in total. The van der Waals surface area contributed by atoms with Gasteiger partial charge in [0.25, 0.3) is 0 Å². The predicted octanol–water partition coefficient (Wildman–Crippen LogP) is 2.08. The largest absolute Gasteiger partial charge is 0.497 e. The van der Waals surface area contributed by atoms with E-state index in [2.05, 4.69) is 10.6 Å². The zero-order valence-corrected chi connectivity index (χ0v) is 13.9. The zero-order valence-electron chi connectivity index (χ0n) is 13.9. The highest BCUT2D eigenvalue weighted by molar-refractivity contribution is 5.89. The van der Waals surface area contributed by atoms with Gasteiger partial charge in [-0.25, -0.2) is 13.6 Å². The van der Waals surface area contributed by atoms with E-state index in [1.807, 2.05) is 0 Å². The van der Waals surface area contributed by atoms with Crippen molar-refractivity contribution in [1.29, 1.82) is 0 Å². The average Bonchev–Trinajstić information content (AvgIpc) is 2.77. The Balaban J connectivity index is 2.26. The highest BCUT2D eigenvalue weighted by Gasteiger charge is 2.40. The van der Waals surface area contributed by atoms with E-state index >= 15 is 0 Å². The number of halogens is 2. The molecule has 0 aliphatic carbocycles. The van der Waals surface area contributed by atoms with Crippen molar-refractivity contribution in [1.82, 2.24) is 10.6 Å². The van der Waals surface area contributed by atoms with E-state index < -0.39 is 41.2 Å². The van der Waals surface area contributed by atoms with Crippen LogP contribution in [-0.2, 0) is 9.53 Å². The van der Waals surface area contributed by atoms with Gasteiger partial charge in [0.05, 0.1) is 7.11 Å². The maximum Gasteiger partial charge on any atom is 0.408 e. The third-order valence-electron chi connectivity index (χ3n) is 3.51. The number of alkyl carbamates (subject to hydrolysis) is 1. The van der Waals surface area contributed by atoms with Gasteiger partial charge in [-0.3, -0.25) is 4.79 Å². The first-order valence-corrected chi connectivity index (χ1v) is 7.42. The van der Waals surface area contributed by atoms with Gasteiger partial charge in [-0.2, -0.15) is 0 Å². The highest BCUT2D eigenvalue weighted by Crippen LogP contribution is 2.31. The molecule has 2 amide bonds. The van der Waals surface area contributed by atoms with Crippen molar-refractivity contribution in [3.05, 3.63) is 29.3 Å². The smallest absolute Gasteiger partial charge is 0.408 e. The molecule has 0 bridgehead atoms. The maximum atomic E-state index is 14.3. The first kappa shape index (κ1) is 18.0. The van der Waals surface area contributed by atoms with Crippen molar-refractivity contribution in [2.24, 2.45) is 0 Å². The number of methoxy groups -OCH3 is 1. The summed E-state index contributed by atoms with van der Waals surface area (Å²) < 4.78 is 38.4. The molecule has 8 heteroatoms. The molecule has 1 aliphatic rings. The van der Waals surface area contributed by atoms with Crippen LogP contribution in [0.15, 0.2) is 12.1 Å². The van der Waals surface area contributed by atoms with Crippen LogP contribution in [0.1, 0.15) is 32.3 Å². The summed E-state index contributed by atoms with van der Waals surface area (Å²) in [6.45, 7) is 5.00. The summed E-state index contributed by atoms with van der Waals surface area (Å²) in [5.74, 6) is -3.08. The second-order valence-corrected chi connectivity index (χ2v) is 6.48. The molecule has 0 saturated carbocycles. The lowest BCUT2D eigenvalue weighted by molar-refractivity contribution is -0.121. The van der Waals surface area contributed by atoms with Crippen molar-refractivity contribution in [3.8, 4) is 5.75 Å². The maximum absolute atomic E-state index is 14.3. The first-order chi connectivity index (χ1) is 11.1. The fourth-order valence-corrected chi connectivity index (χ4v) is 2.52. The number of carbonyl (C=O) groups is 2. The average molecular weight is 342 g/mol. The van der Waals surface area contributed by atoms with Crippen LogP contribution in [0.4, 0.5) is 13.6 Å². The van der Waals surface area contributed by atoms with E-state index in [1.54, 1.807) is 20.8 Å². The molecule has 1 fully saturated rings. The Kier molecular flexibility index (Phi) is 4.96. The summed E-state index contributed by atoms with van der Waals surface area (Å²) in [6.07, 6.45) is -0.830. The number of benzene rings is 1. The third kappa shape index (κ3) is 3.93. The van der Waals surface area contributed by atoms with Crippen LogP contribution in [-0.4, -0.2) is 37.3 Å². The quantitative estimate of drug-likeness (QED) is 0.882. The number of hydrogen-bond donors (Lipinski definition) is 2. The molecule has 0 unspecified atom stereocenters. The second kappa shape index (κ2) is 6.62. The Bertz CT molecular complexity index is 635. The topological polar surface area (TPSA) is 76.7 Å². The molecule has 24 heavy (non-hydrogen) atoms. The van der Waals surface area contributed by atoms with Gasteiger partial charge in [0.2, 0.25) is 5.91 Å². The molecular weight excluding hydrogens is 322 g/mol. The first-order valence-electron chi connectivity index (χ1n) is 7.42. The summed E-state index contributed by atoms with van der Waals surface area (Å²) >= 11 is 0. The Morgan fingerprint density at radius 1 is 1.29 bits per heavy atom. The monoisotopic (exact) mass is 342 g/mol. The van der Waals surface area contributed by atoms with Crippen LogP contribution in [0.5, 0.6) is 5.75 Å². The van der Waals surface area contributed by atoms with Crippen molar-refractivity contribution < 1.29 is 27.8 Å². The van der Waals surface area contributed by atoms with Gasteiger partial charge in [-0.15, -0.1) is 0 Å². The minimum Gasteiger partial charge on any atom is -0.497 e. The highest BCUT2D eigenvalue weighted by atomic mass is 19.1. The predicted molar refractivity (Wildman–Crippen MR) is 81.8 cm³/mol. The van der Waals surface area contributed by atoms with E-state index in [0.717, 1.165) is 12.1 Å². The molecule has 0 spiro atoms. The van der Waals surface area contributed by atoms with Crippen molar-refractivity contribution in [2.45, 2.75) is 38.3 Å². The van der Waals surface area contributed by atoms with Crippen molar-refractivity contribution >= 4 is 12.0 Å². The Morgan fingerprint density at radius 2 is 1.88 bits per heavy atom. The molecule has 1 aliphatic heterocycles. The minimum atomic E-state index is -1.13. The molecule has 2 atom stereocenters. The lowest BCUT2D eigenvalue weighted by Crippen LogP contribution is -2.45. The normalized spacial score (nSPS) is 20.5. The van der Waals surface area contributed by atoms with E-state index in [4.69, 9.17) is 9.47 Å². The van der Waals surface area contributed by atoms with Crippen LogP contribution >= 0.6 is 0 Å². The van der Waals surface area contributed by atoms with Crippen LogP contribution in [0, 0.1) is 11.6 Å². The molecule has 0 aromatic heterocycles.